The Labute approximate surface area is 127 Å². The Morgan fingerprint density at radius 2 is 2.10 bits per heavy atom. The molecule has 1 aromatic carbocycles. The minimum Gasteiger partial charge on any atom is -0.494 e. The second-order valence-corrected chi connectivity index (χ2v) is 6.31. The predicted octanol–water partition coefficient (Wildman–Crippen LogP) is 2.46. The van der Waals surface area contributed by atoms with Crippen molar-refractivity contribution in [2.45, 2.75) is 58.0 Å². The van der Waals surface area contributed by atoms with Gasteiger partial charge in [0.25, 0.3) is 0 Å². The van der Waals surface area contributed by atoms with Crippen molar-refractivity contribution in [1.29, 1.82) is 0 Å². The number of aryl methyl sites for hydroxylation is 2. The van der Waals surface area contributed by atoms with Crippen LogP contribution in [0.15, 0.2) is 18.2 Å². The van der Waals surface area contributed by atoms with Gasteiger partial charge in [-0.2, -0.15) is 0 Å². The topological polar surface area (TPSA) is 64.3 Å². The first-order valence-electron chi connectivity index (χ1n) is 7.68. The van der Waals surface area contributed by atoms with Gasteiger partial charge in [0.1, 0.15) is 5.75 Å². The van der Waals surface area contributed by atoms with Crippen LogP contribution in [0.1, 0.15) is 43.7 Å². The molecule has 0 bridgehead atoms. The van der Waals surface area contributed by atoms with Crippen LogP contribution in [-0.2, 0) is 4.79 Å². The van der Waals surface area contributed by atoms with E-state index in [-0.39, 0.29) is 5.91 Å². The number of carbonyl (C=O) groups excluding carboxylic acids is 1. The van der Waals surface area contributed by atoms with Crippen molar-refractivity contribution in [3.05, 3.63) is 29.3 Å². The number of nitrogens with two attached hydrogens (primary N) is 1. The van der Waals surface area contributed by atoms with Crippen LogP contribution in [0.25, 0.3) is 0 Å². The van der Waals surface area contributed by atoms with Crippen molar-refractivity contribution in [3.8, 4) is 5.75 Å². The van der Waals surface area contributed by atoms with E-state index >= 15 is 0 Å². The molecule has 1 fully saturated rings. The van der Waals surface area contributed by atoms with Gasteiger partial charge >= 0.3 is 0 Å². The summed E-state index contributed by atoms with van der Waals surface area (Å²) in [4.78, 5) is 11.6. The summed E-state index contributed by atoms with van der Waals surface area (Å²) in [6.45, 7) is 6.65. The summed E-state index contributed by atoms with van der Waals surface area (Å²) in [6, 6.07) is 6.55. The van der Waals surface area contributed by atoms with Crippen molar-refractivity contribution in [2.75, 3.05) is 6.61 Å². The van der Waals surface area contributed by atoms with Gasteiger partial charge in [-0.3, -0.25) is 4.79 Å². The molecule has 1 unspecified atom stereocenters. The molecular weight excluding hydrogens is 264 g/mol. The maximum atomic E-state index is 11.6. The predicted molar refractivity (Wildman–Crippen MR) is 84.4 cm³/mol. The Morgan fingerprint density at radius 1 is 1.38 bits per heavy atom. The van der Waals surface area contributed by atoms with Gasteiger partial charge in [0.05, 0.1) is 12.1 Å². The van der Waals surface area contributed by atoms with Crippen LogP contribution in [-0.4, -0.2) is 24.1 Å². The van der Waals surface area contributed by atoms with Crippen LogP contribution < -0.4 is 15.8 Å². The first kappa shape index (κ1) is 15.8. The van der Waals surface area contributed by atoms with E-state index in [1.807, 2.05) is 19.1 Å². The third-order valence-corrected chi connectivity index (χ3v) is 4.21. The number of primary amides is 1. The van der Waals surface area contributed by atoms with E-state index in [9.17, 15) is 4.79 Å². The molecule has 4 heteroatoms. The zero-order chi connectivity index (χ0) is 15.5. The normalized spacial score (nSPS) is 17.3. The van der Waals surface area contributed by atoms with Crippen LogP contribution in [0.5, 0.6) is 5.75 Å². The fraction of sp³-hybridized carbons (Fsp3) is 0.588. The van der Waals surface area contributed by atoms with E-state index in [4.69, 9.17) is 10.5 Å². The monoisotopic (exact) mass is 290 g/mol. The van der Waals surface area contributed by atoms with Crippen LogP contribution in [0, 0.1) is 13.8 Å². The highest BCUT2D eigenvalue weighted by molar-refractivity contribution is 5.84. The van der Waals surface area contributed by atoms with Gasteiger partial charge in [-0.15, -0.1) is 0 Å². The molecule has 0 radical (unpaired) electrons. The summed E-state index contributed by atoms with van der Waals surface area (Å²) in [5.41, 5.74) is 7.41. The molecule has 0 spiro atoms. The smallest absolute Gasteiger partial charge is 0.237 e. The minimum absolute atomic E-state index is 0.277. The summed E-state index contributed by atoms with van der Waals surface area (Å²) in [7, 11) is 0. The minimum atomic E-state index is -0.617. The standard InChI is InChI=1S/C17H26N2O2/c1-12-5-8-15(11-13(12)2)21-10-4-9-17(3,16(18)20)19-14-6-7-14/h5,8,11,14,19H,4,6-7,9-10H2,1-3H3,(H2,18,20). The highest BCUT2D eigenvalue weighted by Gasteiger charge is 2.36. The second kappa shape index (κ2) is 6.48. The van der Waals surface area contributed by atoms with Gasteiger partial charge < -0.3 is 15.8 Å². The third kappa shape index (κ3) is 4.46. The van der Waals surface area contributed by atoms with Crippen molar-refractivity contribution in [3.63, 3.8) is 0 Å². The molecule has 21 heavy (non-hydrogen) atoms. The van der Waals surface area contributed by atoms with Crippen LogP contribution in [0.2, 0.25) is 0 Å². The zero-order valence-electron chi connectivity index (χ0n) is 13.2. The largest absolute Gasteiger partial charge is 0.494 e. The molecule has 0 heterocycles. The summed E-state index contributed by atoms with van der Waals surface area (Å²) < 4.78 is 5.76. The number of amides is 1. The Morgan fingerprint density at radius 3 is 2.67 bits per heavy atom. The van der Waals surface area contributed by atoms with Gasteiger partial charge in [0.2, 0.25) is 5.91 Å². The van der Waals surface area contributed by atoms with Gasteiger partial charge in [-0.05, 0) is 69.7 Å². The molecule has 1 saturated carbocycles. The van der Waals surface area contributed by atoms with Crippen molar-refractivity contribution < 1.29 is 9.53 Å². The highest BCUT2D eigenvalue weighted by atomic mass is 16.5. The fourth-order valence-corrected chi connectivity index (χ4v) is 2.36. The molecule has 0 aliphatic heterocycles. The lowest BCUT2D eigenvalue weighted by Gasteiger charge is -2.27. The van der Waals surface area contributed by atoms with Crippen molar-refractivity contribution in [2.24, 2.45) is 5.73 Å². The highest BCUT2D eigenvalue weighted by Crippen LogP contribution is 2.25. The van der Waals surface area contributed by atoms with Crippen molar-refractivity contribution in [1.82, 2.24) is 5.32 Å². The summed E-state index contributed by atoms with van der Waals surface area (Å²) in [5, 5.41) is 3.35. The molecule has 2 rings (SSSR count). The summed E-state index contributed by atoms with van der Waals surface area (Å²) in [5.74, 6) is 0.606. The fourth-order valence-electron chi connectivity index (χ4n) is 2.36. The number of rotatable bonds is 8. The number of benzene rings is 1. The zero-order valence-corrected chi connectivity index (χ0v) is 13.2. The number of carbonyl (C=O) groups is 1. The molecule has 0 aromatic heterocycles. The van der Waals surface area contributed by atoms with Gasteiger partial charge in [0, 0.05) is 6.04 Å². The van der Waals surface area contributed by atoms with E-state index in [0.29, 0.717) is 19.1 Å². The van der Waals surface area contributed by atoms with E-state index in [1.54, 1.807) is 0 Å². The Kier molecular flexibility index (Phi) is 4.88. The molecule has 1 amide bonds. The quantitative estimate of drug-likeness (QED) is 0.723. The van der Waals surface area contributed by atoms with Crippen LogP contribution in [0.3, 0.4) is 0 Å². The van der Waals surface area contributed by atoms with Crippen molar-refractivity contribution >= 4 is 5.91 Å². The van der Waals surface area contributed by atoms with E-state index in [1.165, 1.54) is 11.1 Å². The molecule has 1 atom stereocenters. The number of nitrogens with one attached hydrogen (secondary N) is 1. The SMILES string of the molecule is Cc1ccc(OCCCC(C)(NC2CC2)C(N)=O)cc1C. The van der Waals surface area contributed by atoms with Crippen LogP contribution in [0.4, 0.5) is 0 Å². The summed E-state index contributed by atoms with van der Waals surface area (Å²) >= 11 is 0. The Hall–Kier alpha value is -1.55. The molecule has 1 aromatic rings. The van der Waals surface area contributed by atoms with Gasteiger partial charge in [0.15, 0.2) is 0 Å². The first-order valence-corrected chi connectivity index (χ1v) is 7.68. The second-order valence-electron chi connectivity index (χ2n) is 6.31. The third-order valence-electron chi connectivity index (χ3n) is 4.21. The molecule has 1 aliphatic carbocycles. The molecule has 4 nitrogen and oxygen atoms in total. The van der Waals surface area contributed by atoms with E-state index < -0.39 is 5.54 Å². The Bertz CT molecular complexity index is 512. The summed E-state index contributed by atoms with van der Waals surface area (Å²) in [6.07, 6.45) is 3.78. The lowest BCUT2D eigenvalue weighted by Crippen LogP contribution is -2.54. The average Bonchev–Trinajstić information content (AvgIpc) is 3.22. The lowest BCUT2D eigenvalue weighted by atomic mass is 9.95. The van der Waals surface area contributed by atoms with Crippen LogP contribution >= 0.6 is 0 Å². The van der Waals surface area contributed by atoms with E-state index in [2.05, 4.69) is 25.2 Å². The maximum absolute atomic E-state index is 11.6. The number of ether oxygens (including phenoxy) is 1. The first-order chi connectivity index (χ1) is 9.90. The Balaban J connectivity index is 1.79. The number of hydrogen-bond acceptors (Lipinski definition) is 3. The maximum Gasteiger partial charge on any atom is 0.237 e. The number of hydrogen-bond donors (Lipinski definition) is 2. The lowest BCUT2D eigenvalue weighted by molar-refractivity contribution is -0.124. The molecule has 116 valence electrons. The average molecular weight is 290 g/mol. The van der Waals surface area contributed by atoms with Gasteiger partial charge in [-0.1, -0.05) is 6.07 Å². The molecular formula is C17H26N2O2. The van der Waals surface area contributed by atoms with E-state index in [0.717, 1.165) is 25.0 Å². The van der Waals surface area contributed by atoms with Gasteiger partial charge in [-0.25, -0.2) is 0 Å². The molecule has 1 aliphatic rings. The molecule has 3 N–H and O–H groups in total. The molecule has 0 saturated heterocycles.